The predicted molar refractivity (Wildman–Crippen MR) is 122 cm³/mol. The summed E-state index contributed by atoms with van der Waals surface area (Å²) in [4.78, 5) is 21.8. The molecule has 1 aliphatic heterocycles. The third kappa shape index (κ3) is 3.74. The number of piperazine rings is 1. The molecule has 34 heavy (non-hydrogen) atoms. The molecule has 176 valence electrons. The summed E-state index contributed by atoms with van der Waals surface area (Å²) >= 11 is 0. The van der Waals surface area contributed by atoms with E-state index in [1.807, 2.05) is 6.07 Å². The number of halogens is 1. The van der Waals surface area contributed by atoms with Gasteiger partial charge in [-0.15, -0.1) is 5.10 Å². The monoisotopic (exact) mass is 483 g/mol. The highest BCUT2D eigenvalue weighted by Crippen LogP contribution is 2.30. The maximum atomic E-state index is 13.6. The quantitative estimate of drug-likeness (QED) is 0.465. The second-order valence-electron chi connectivity index (χ2n) is 8.08. The van der Waals surface area contributed by atoms with E-state index in [2.05, 4.69) is 20.3 Å². The molecule has 3 aromatic heterocycles. The van der Waals surface area contributed by atoms with Gasteiger partial charge in [0, 0.05) is 49.0 Å². The predicted octanol–water partition coefficient (Wildman–Crippen LogP) is 2.15. The molecular formula is C22H22FN7O3S. The van der Waals surface area contributed by atoms with Crippen molar-refractivity contribution in [1.82, 2.24) is 34.2 Å². The zero-order chi connectivity index (χ0) is 23.9. The Kier molecular flexibility index (Phi) is 5.62. The van der Waals surface area contributed by atoms with Crippen molar-refractivity contribution in [2.45, 2.75) is 24.5 Å². The van der Waals surface area contributed by atoms with Crippen LogP contribution in [0.4, 0.5) is 4.39 Å². The van der Waals surface area contributed by atoms with Crippen molar-refractivity contribution in [2.24, 2.45) is 0 Å². The first-order valence-electron chi connectivity index (χ1n) is 10.7. The Morgan fingerprint density at radius 1 is 1.21 bits per heavy atom. The summed E-state index contributed by atoms with van der Waals surface area (Å²) in [5.74, 6) is 0.199. The lowest BCUT2D eigenvalue weighted by Gasteiger charge is -2.38. The van der Waals surface area contributed by atoms with Gasteiger partial charge in [0.05, 0.1) is 11.7 Å². The number of fused-ring (bicyclic) bond motifs is 1. The Morgan fingerprint density at radius 2 is 2.00 bits per heavy atom. The standard InChI is InChI=1S/C22H22FN7O3S/c1-15-13-28(22(31)16-5-3-2-4-6-16)9-10-30(15)34(32,33)19-12-25-20-18(19)7-8-24-21(20)29-14-17(11-23)26-27-29/h2-8,12,14-15,25H,9-11,13H2,1H3/t15-/m1/s1. The maximum absolute atomic E-state index is 13.6. The van der Waals surface area contributed by atoms with E-state index in [4.69, 9.17) is 0 Å². The highest BCUT2D eigenvalue weighted by atomic mass is 32.2. The average Bonchev–Trinajstić information content (AvgIpc) is 3.51. The van der Waals surface area contributed by atoms with E-state index in [0.717, 1.165) is 0 Å². The number of hydrogen-bond acceptors (Lipinski definition) is 6. The van der Waals surface area contributed by atoms with Gasteiger partial charge in [-0.2, -0.15) is 8.99 Å². The van der Waals surface area contributed by atoms with Gasteiger partial charge in [0.15, 0.2) is 5.82 Å². The number of carbonyl (C=O) groups is 1. The summed E-state index contributed by atoms with van der Waals surface area (Å²) in [6.45, 7) is 1.77. The molecule has 0 aliphatic carbocycles. The van der Waals surface area contributed by atoms with Crippen LogP contribution in [-0.4, -0.2) is 74.2 Å². The average molecular weight is 484 g/mol. The number of H-pyrrole nitrogens is 1. The number of benzene rings is 1. The minimum atomic E-state index is -3.88. The molecule has 0 unspecified atom stereocenters. The third-order valence-corrected chi connectivity index (χ3v) is 7.95. The topological polar surface area (TPSA) is 117 Å². The Labute approximate surface area is 195 Å². The van der Waals surface area contributed by atoms with Crippen LogP contribution < -0.4 is 0 Å². The van der Waals surface area contributed by atoms with Crippen molar-refractivity contribution in [3.8, 4) is 5.82 Å². The highest BCUT2D eigenvalue weighted by molar-refractivity contribution is 7.89. The fourth-order valence-corrected chi connectivity index (χ4v) is 6.01. The minimum Gasteiger partial charge on any atom is -0.357 e. The number of nitrogens with zero attached hydrogens (tertiary/aromatic N) is 6. The SMILES string of the molecule is C[C@@H]1CN(C(=O)c2ccccc2)CCN1S(=O)(=O)c1c[nH]c2c(-n3cc(CF)nn3)nccc12. The summed E-state index contributed by atoms with van der Waals surface area (Å²) in [5.41, 5.74) is 1.17. The van der Waals surface area contributed by atoms with Crippen LogP contribution in [0.3, 0.4) is 0 Å². The Hall–Kier alpha value is -3.64. The van der Waals surface area contributed by atoms with E-state index >= 15 is 0 Å². The number of sulfonamides is 1. The lowest BCUT2D eigenvalue weighted by Crippen LogP contribution is -2.55. The van der Waals surface area contributed by atoms with Crippen molar-refractivity contribution in [1.29, 1.82) is 0 Å². The molecule has 12 heteroatoms. The molecule has 1 aromatic carbocycles. The van der Waals surface area contributed by atoms with Crippen LogP contribution >= 0.6 is 0 Å². The molecule has 1 amide bonds. The fourth-order valence-electron chi connectivity index (χ4n) is 4.24. The van der Waals surface area contributed by atoms with Crippen molar-refractivity contribution in [3.63, 3.8) is 0 Å². The van der Waals surface area contributed by atoms with E-state index in [-0.39, 0.29) is 36.1 Å². The Morgan fingerprint density at radius 3 is 2.71 bits per heavy atom. The van der Waals surface area contributed by atoms with Crippen LogP contribution in [0.1, 0.15) is 23.0 Å². The van der Waals surface area contributed by atoms with Gasteiger partial charge >= 0.3 is 0 Å². The molecule has 1 atom stereocenters. The Balaban J connectivity index is 1.42. The lowest BCUT2D eigenvalue weighted by molar-refractivity contribution is 0.0642. The van der Waals surface area contributed by atoms with Crippen LogP contribution in [0.25, 0.3) is 16.7 Å². The van der Waals surface area contributed by atoms with Crippen molar-refractivity contribution >= 4 is 26.8 Å². The number of amides is 1. The number of hydrogen-bond donors (Lipinski definition) is 1. The number of carbonyl (C=O) groups excluding carboxylic acids is 1. The molecule has 0 spiro atoms. The molecule has 1 N–H and O–H groups in total. The molecule has 0 bridgehead atoms. The number of aromatic amines is 1. The first-order valence-corrected chi connectivity index (χ1v) is 12.1. The summed E-state index contributed by atoms with van der Waals surface area (Å²) in [7, 11) is -3.88. The molecule has 5 rings (SSSR count). The summed E-state index contributed by atoms with van der Waals surface area (Å²) in [6.07, 6.45) is 4.30. The van der Waals surface area contributed by atoms with Crippen LogP contribution in [-0.2, 0) is 16.7 Å². The molecular weight excluding hydrogens is 461 g/mol. The molecule has 1 fully saturated rings. The largest absolute Gasteiger partial charge is 0.357 e. The van der Waals surface area contributed by atoms with Crippen LogP contribution in [0, 0.1) is 0 Å². The van der Waals surface area contributed by atoms with Crippen LogP contribution in [0.2, 0.25) is 0 Å². The number of aromatic nitrogens is 5. The number of alkyl halides is 1. The normalized spacial score (nSPS) is 17.4. The summed E-state index contributed by atoms with van der Waals surface area (Å²) in [5, 5.41) is 8.04. The molecule has 0 saturated carbocycles. The van der Waals surface area contributed by atoms with Gasteiger partial charge in [-0.1, -0.05) is 23.4 Å². The van der Waals surface area contributed by atoms with Gasteiger partial charge in [0.25, 0.3) is 5.91 Å². The zero-order valence-corrected chi connectivity index (χ0v) is 19.1. The fraction of sp³-hybridized carbons (Fsp3) is 0.273. The van der Waals surface area contributed by atoms with Gasteiger partial charge in [-0.25, -0.2) is 17.8 Å². The second kappa shape index (κ2) is 8.61. The van der Waals surface area contributed by atoms with E-state index in [0.29, 0.717) is 22.3 Å². The van der Waals surface area contributed by atoms with E-state index < -0.39 is 22.7 Å². The minimum absolute atomic E-state index is 0.103. The van der Waals surface area contributed by atoms with Gasteiger partial charge < -0.3 is 9.88 Å². The zero-order valence-electron chi connectivity index (χ0n) is 18.3. The van der Waals surface area contributed by atoms with Crippen LogP contribution in [0.5, 0.6) is 0 Å². The van der Waals surface area contributed by atoms with Gasteiger partial charge in [-0.05, 0) is 25.1 Å². The van der Waals surface area contributed by atoms with Gasteiger partial charge in [0.2, 0.25) is 10.0 Å². The van der Waals surface area contributed by atoms with E-state index in [1.54, 1.807) is 42.2 Å². The maximum Gasteiger partial charge on any atom is 0.253 e. The molecule has 1 aliphatic rings. The second-order valence-corrected chi connectivity index (χ2v) is 9.94. The third-order valence-electron chi connectivity index (χ3n) is 5.90. The Bertz CT molecular complexity index is 1450. The summed E-state index contributed by atoms with van der Waals surface area (Å²) < 4.78 is 42.8. The van der Waals surface area contributed by atoms with Crippen molar-refractivity contribution in [2.75, 3.05) is 19.6 Å². The molecule has 4 heterocycles. The first-order chi connectivity index (χ1) is 16.4. The molecule has 1 saturated heterocycles. The van der Waals surface area contributed by atoms with Crippen molar-refractivity contribution in [3.05, 3.63) is 66.2 Å². The summed E-state index contributed by atoms with van der Waals surface area (Å²) in [6, 6.07) is 10.1. The van der Waals surface area contributed by atoms with E-state index in [9.17, 15) is 17.6 Å². The number of pyridine rings is 1. The molecule has 0 radical (unpaired) electrons. The molecule has 4 aromatic rings. The first kappa shape index (κ1) is 22.2. The number of nitrogens with one attached hydrogen (secondary N) is 1. The van der Waals surface area contributed by atoms with Crippen LogP contribution in [0.15, 0.2) is 59.9 Å². The highest BCUT2D eigenvalue weighted by Gasteiger charge is 2.36. The number of rotatable bonds is 5. The van der Waals surface area contributed by atoms with Gasteiger partial charge in [-0.3, -0.25) is 4.79 Å². The lowest BCUT2D eigenvalue weighted by atomic mass is 10.1. The van der Waals surface area contributed by atoms with Crippen molar-refractivity contribution < 1.29 is 17.6 Å². The van der Waals surface area contributed by atoms with Gasteiger partial charge in [0.1, 0.15) is 17.3 Å². The smallest absolute Gasteiger partial charge is 0.253 e. The van der Waals surface area contributed by atoms with E-state index in [1.165, 1.54) is 27.6 Å². The molecule has 10 nitrogen and oxygen atoms in total.